The maximum absolute atomic E-state index is 12.8. The normalized spacial score (nSPS) is 32.0. The van der Waals surface area contributed by atoms with Crippen molar-refractivity contribution >= 4 is 30.8 Å². The zero-order chi connectivity index (χ0) is 28.9. The topological polar surface area (TPSA) is 306 Å². The number of imidazole rings is 1. The van der Waals surface area contributed by atoms with Gasteiger partial charge in [0.05, 0.1) is 19.5 Å². The molecule has 2 aliphatic rings. The van der Waals surface area contributed by atoms with E-state index >= 15 is 0 Å². The van der Waals surface area contributed by atoms with E-state index in [0.717, 1.165) is 15.5 Å². The second-order valence-electron chi connectivity index (χ2n) is 8.94. The average molecular weight is 588 g/mol. The number of rotatable bonds is 8. The van der Waals surface area contributed by atoms with Gasteiger partial charge in [-0.3, -0.25) is 28.0 Å². The van der Waals surface area contributed by atoms with Gasteiger partial charge in [0.2, 0.25) is 5.95 Å². The first kappa shape index (κ1) is 28.2. The van der Waals surface area contributed by atoms with Crippen molar-refractivity contribution in [1.29, 1.82) is 0 Å². The van der Waals surface area contributed by atoms with Crippen LogP contribution >= 0.6 is 7.82 Å². The van der Waals surface area contributed by atoms with Crippen LogP contribution in [0.25, 0.3) is 11.2 Å². The first-order valence-electron chi connectivity index (χ1n) is 11.6. The number of aromatic nitrogens is 6. The van der Waals surface area contributed by atoms with Gasteiger partial charge in [-0.2, -0.15) is 9.97 Å². The fourth-order valence-corrected chi connectivity index (χ4v) is 5.39. The second kappa shape index (κ2) is 10.6. The highest BCUT2D eigenvalue weighted by Crippen LogP contribution is 2.49. The number of ether oxygens (including phenoxy) is 2. The fourth-order valence-electron chi connectivity index (χ4n) is 4.42. The van der Waals surface area contributed by atoms with Gasteiger partial charge in [-0.05, 0) is 6.07 Å². The molecule has 3 aromatic heterocycles. The lowest BCUT2D eigenvalue weighted by atomic mass is 10.1. The second-order valence-corrected chi connectivity index (χ2v) is 10.3. The zero-order valence-electron chi connectivity index (χ0n) is 20.2. The lowest BCUT2D eigenvalue weighted by Crippen LogP contribution is -2.37. The molecule has 9 atom stereocenters. The molecule has 2 saturated heterocycles. The van der Waals surface area contributed by atoms with E-state index in [4.69, 9.17) is 30.0 Å². The summed E-state index contributed by atoms with van der Waals surface area (Å²) in [6.45, 7) is -1.56. The van der Waals surface area contributed by atoms with Crippen molar-refractivity contribution in [1.82, 2.24) is 29.1 Å². The number of H-pyrrole nitrogens is 1. The van der Waals surface area contributed by atoms with Gasteiger partial charge in [-0.1, -0.05) is 0 Å². The SMILES string of the molecule is Nc1ccn([C@@H]2O[C@H](COP(=O)(O)O[C@H]3[C@@H](O)[C@@H](n4cnc5c(=O)[nH]c(N)nc54)O[C@H]3CO)[C@@H](O)[C@H]2O)c(=O)n1. The van der Waals surface area contributed by atoms with E-state index in [2.05, 4.69) is 19.9 Å². The minimum atomic E-state index is -5.04. The molecule has 5 rings (SSSR count). The van der Waals surface area contributed by atoms with Gasteiger partial charge < -0.3 is 46.3 Å². The summed E-state index contributed by atoms with van der Waals surface area (Å²) in [5, 5.41) is 41.3. The maximum atomic E-state index is 12.8. The first-order valence-corrected chi connectivity index (χ1v) is 13.1. The molecule has 20 nitrogen and oxygen atoms in total. The Kier molecular flexibility index (Phi) is 7.48. The van der Waals surface area contributed by atoms with E-state index in [1.54, 1.807) is 0 Å². The van der Waals surface area contributed by atoms with Crippen LogP contribution in [0.1, 0.15) is 12.5 Å². The van der Waals surface area contributed by atoms with E-state index < -0.39 is 81.4 Å². The van der Waals surface area contributed by atoms with E-state index in [-0.39, 0.29) is 22.9 Å². The molecule has 0 aliphatic carbocycles. The molecule has 0 spiro atoms. The van der Waals surface area contributed by atoms with E-state index in [1.807, 2.05) is 0 Å². The van der Waals surface area contributed by atoms with Crippen molar-refractivity contribution in [3.8, 4) is 0 Å². The number of hydrogen-bond donors (Lipinski definition) is 8. The summed E-state index contributed by atoms with van der Waals surface area (Å²) < 4.78 is 35.8. The van der Waals surface area contributed by atoms with Crippen LogP contribution < -0.4 is 22.7 Å². The van der Waals surface area contributed by atoms with Crippen LogP contribution in [0.3, 0.4) is 0 Å². The van der Waals surface area contributed by atoms with E-state index in [0.29, 0.717) is 0 Å². The third kappa shape index (κ3) is 5.12. The molecular formula is C19H25N8O12P. The Balaban J connectivity index is 1.28. The summed E-state index contributed by atoms with van der Waals surface area (Å²) in [6.07, 6.45) is -9.84. The highest BCUT2D eigenvalue weighted by atomic mass is 31.2. The van der Waals surface area contributed by atoms with Gasteiger partial charge in [0.15, 0.2) is 23.6 Å². The molecule has 2 aliphatic heterocycles. The summed E-state index contributed by atoms with van der Waals surface area (Å²) in [4.78, 5) is 48.1. The molecule has 218 valence electrons. The van der Waals surface area contributed by atoms with Crippen LogP contribution in [-0.2, 0) is 23.1 Å². The number of nitrogens with one attached hydrogen (secondary N) is 1. The number of hydrogen-bond acceptors (Lipinski definition) is 16. The molecule has 0 bridgehead atoms. The fraction of sp³-hybridized carbons (Fsp3) is 0.526. The zero-order valence-corrected chi connectivity index (χ0v) is 21.1. The average Bonchev–Trinajstić information content (AvgIpc) is 3.53. The van der Waals surface area contributed by atoms with E-state index in [9.17, 15) is 39.5 Å². The molecular weight excluding hydrogens is 563 g/mol. The van der Waals surface area contributed by atoms with Gasteiger partial charge in [0, 0.05) is 6.20 Å². The quantitative estimate of drug-likeness (QED) is 0.116. The Hall–Kier alpha value is -3.30. The number of aliphatic hydroxyl groups excluding tert-OH is 4. The molecule has 1 unspecified atom stereocenters. The van der Waals surface area contributed by atoms with Gasteiger partial charge >= 0.3 is 13.5 Å². The number of phosphoric ester groups is 1. The summed E-state index contributed by atoms with van der Waals surface area (Å²) in [5.41, 5.74) is 9.29. The number of nitrogen functional groups attached to an aromatic ring is 2. The summed E-state index contributed by atoms with van der Waals surface area (Å²) in [6, 6.07) is 1.26. The van der Waals surface area contributed by atoms with Crippen molar-refractivity contribution in [2.75, 3.05) is 24.7 Å². The number of aromatic amines is 1. The summed E-state index contributed by atoms with van der Waals surface area (Å²) in [7, 11) is -5.04. The van der Waals surface area contributed by atoms with Crippen molar-refractivity contribution in [2.24, 2.45) is 0 Å². The first-order chi connectivity index (χ1) is 18.9. The van der Waals surface area contributed by atoms with Crippen LogP contribution in [0.2, 0.25) is 0 Å². The third-order valence-corrected chi connectivity index (χ3v) is 7.32. The Morgan fingerprint density at radius 1 is 1.05 bits per heavy atom. The number of nitrogens with two attached hydrogens (primary N) is 2. The van der Waals surface area contributed by atoms with Crippen molar-refractivity contribution in [2.45, 2.75) is 49.1 Å². The van der Waals surface area contributed by atoms with Gasteiger partial charge in [0.1, 0.15) is 42.4 Å². The Labute approximate surface area is 222 Å². The van der Waals surface area contributed by atoms with Crippen LogP contribution in [0.5, 0.6) is 0 Å². The molecule has 3 aromatic rings. The smallest absolute Gasteiger partial charge is 0.394 e. The number of nitrogens with zero attached hydrogens (tertiary/aromatic N) is 5. The number of anilines is 2. The van der Waals surface area contributed by atoms with Gasteiger partial charge in [-0.25, -0.2) is 14.3 Å². The number of phosphoric acid groups is 1. The standard InChI is InChI=1S/C19H25N8O12P/c20-8-1-2-26(19(33)23-8)16-11(30)10(29)7(38-16)4-36-40(34,35)39-13-6(3-28)37-17(12(13)31)27-5-22-9-14(27)24-18(21)25-15(9)32/h1-2,5-7,10-13,16-17,28-31H,3-4H2,(H,34,35)(H2,20,23,33)(H3,21,24,25,32)/t6-,7+,10+,11+,12+,13+,16+,17-/m0/s1. The van der Waals surface area contributed by atoms with Crippen LogP contribution in [0.15, 0.2) is 28.2 Å². The lowest BCUT2D eigenvalue weighted by molar-refractivity contribution is -0.0609. The molecule has 5 heterocycles. The minimum absolute atomic E-state index is 0.0676. The van der Waals surface area contributed by atoms with Crippen LogP contribution in [0.4, 0.5) is 11.8 Å². The summed E-state index contributed by atoms with van der Waals surface area (Å²) in [5.74, 6) is -0.322. The minimum Gasteiger partial charge on any atom is -0.394 e. The molecule has 0 amide bonds. The van der Waals surface area contributed by atoms with Crippen LogP contribution in [0, 0.1) is 0 Å². The number of aliphatic hydroxyl groups is 4. The third-order valence-electron chi connectivity index (χ3n) is 6.33. The molecule has 0 saturated carbocycles. The Morgan fingerprint density at radius 2 is 1.75 bits per heavy atom. The number of fused-ring (bicyclic) bond motifs is 1. The molecule has 10 N–H and O–H groups in total. The van der Waals surface area contributed by atoms with Crippen molar-refractivity contribution in [3.05, 3.63) is 39.4 Å². The van der Waals surface area contributed by atoms with Crippen molar-refractivity contribution in [3.63, 3.8) is 0 Å². The van der Waals surface area contributed by atoms with Crippen LogP contribution in [-0.4, -0.2) is 104 Å². The maximum Gasteiger partial charge on any atom is 0.472 e. The highest BCUT2D eigenvalue weighted by Gasteiger charge is 2.50. The summed E-state index contributed by atoms with van der Waals surface area (Å²) >= 11 is 0. The molecule has 21 heteroatoms. The predicted molar refractivity (Wildman–Crippen MR) is 129 cm³/mol. The Morgan fingerprint density at radius 3 is 2.45 bits per heavy atom. The largest absolute Gasteiger partial charge is 0.472 e. The lowest BCUT2D eigenvalue weighted by Gasteiger charge is -2.23. The van der Waals surface area contributed by atoms with E-state index in [1.165, 1.54) is 12.3 Å². The Bertz CT molecular complexity index is 1560. The van der Waals surface area contributed by atoms with Gasteiger partial charge in [0.25, 0.3) is 5.56 Å². The molecule has 40 heavy (non-hydrogen) atoms. The molecule has 0 aromatic carbocycles. The molecule has 2 fully saturated rings. The van der Waals surface area contributed by atoms with Crippen molar-refractivity contribution < 1.29 is 48.4 Å². The highest BCUT2D eigenvalue weighted by molar-refractivity contribution is 7.47. The predicted octanol–water partition coefficient (Wildman–Crippen LogP) is -4.09. The van der Waals surface area contributed by atoms with Gasteiger partial charge in [-0.15, -0.1) is 0 Å². The molecule has 0 radical (unpaired) electrons. The monoisotopic (exact) mass is 588 g/mol.